The van der Waals surface area contributed by atoms with Crippen molar-refractivity contribution in [2.24, 2.45) is 11.3 Å². The number of hydrogen-bond donors (Lipinski definition) is 3. The molecule has 1 atom stereocenters. The smallest absolute Gasteiger partial charge is 0.407 e. The summed E-state index contributed by atoms with van der Waals surface area (Å²) in [6.45, 7) is 6.24. The Morgan fingerprint density at radius 2 is 1.51 bits per heavy atom. The summed E-state index contributed by atoms with van der Waals surface area (Å²) in [5, 5.41) is 15.1. The van der Waals surface area contributed by atoms with Gasteiger partial charge in [-0.25, -0.2) is 4.79 Å². The highest BCUT2D eigenvalue weighted by molar-refractivity contribution is 5.80. The maximum Gasteiger partial charge on any atom is 0.407 e. The van der Waals surface area contributed by atoms with Gasteiger partial charge in [0.25, 0.3) is 0 Å². The number of fused-ring (bicyclic) bond motifs is 3. The largest absolute Gasteiger partial charge is 0.481 e. The van der Waals surface area contributed by atoms with E-state index in [0.29, 0.717) is 25.8 Å². The molecule has 2 amide bonds. The van der Waals surface area contributed by atoms with Crippen LogP contribution in [0.3, 0.4) is 0 Å². The molecule has 1 aliphatic carbocycles. The van der Waals surface area contributed by atoms with Crippen molar-refractivity contribution in [2.45, 2.75) is 52.4 Å². The lowest BCUT2D eigenvalue weighted by Crippen LogP contribution is -2.43. The molecule has 2 aromatic carbocycles. The third-order valence-corrected chi connectivity index (χ3v) is 7.36. The number of benzene rings is 2. The van der Waals surface area contributed by atoms with Gasteiger partial charge in [-0.15, -0.1) is 0 Å². The molecule has 7 nitrogen and oxygen atoms in total. The third-order valence-electron chi connectivity index (χ3n) is 7.36. The van der Waals surface area contributed by atoms with E-state index in [9.17, 15) is 19.5 Å². The summed E-state index contributed by atoms with van der Waals surface area (Å²) >= 11 is 0. The van der Waals surface area contributed by atoms with E-state index in [0.717, 1.165) is 11.1 Å². The van der Waals surface area contributed by atoms with E-state index < -0.39 is 17.5 Å². The van der Waals surface area contributed by atoms with Gasteiger partial charge in [-0.1, -0.05) is 75.7 Å². The normalized spacial score (nSPS) is 13.5. The van der Waals surface area contributed by atoms with Gasteiger partial charge in [0, 0.05) is 25.4 Å². The molecular weight excluding hydrogens is 444 g/mol. The van der Waals surface area contributed by atoms with Gasteiger partial charge in [-0.2, -0.15) is 0 Å². The van der Waals surface area contributed by atoms with Crippen molar-refractivity contribution in [2.75, 3.05) is 19.7 Å². The number of nitrogens with one attached hydrogen (secondary N) is 2. The number of hydrogen-bond acceptors (Lipinski definition) is 4. The van der Waals surface area contributed by atoms with Gasteiger partial charge >= 0.3 is 12.1 Å². The number of rotatable bonds is 12. The number of ether oxygens (including phenoxy) is 1. The van der Waals surface area contributed by atoms with Crippen molar-refractivity contribution < 1.29 is 24.2 Å². The van der Waals surface area contributed by atoms with Gasteiger partial charge in [0.1, 0.15) is 6.61 Å². The van der Waals surface area contributed by atoms with Crippen LogP contribution in [0, 0.1) is 11.3 Å². The lowest BCUT2D eigenvalue weighted by atomic mass is 9.82. The molecule has 0 saturated heterocycles. The Bertz CT molecular complexity index is 1000. The molecule has 2 aromatic rings. The zero-order chi connectivity index (χ0) is 25.4. The van der Waals surface area contributed by atoms with Crippen LogP contribution in [-0.4, -0.2) is 42.8 Å². The van der Waals surface area contributed by atoms with Crippen molar-refractivity contribution in [3.8, 4) is 11.1 Å². The summed E-state index contributed by atoms with van der Waals surface area (Å²) in [6, 6.07) is 16.3. The fourth-order valence-electron chi connectivity index (χ4n) is 4.72. The van der Waals surface area contributed by atoms with Gasteiger partial charge < -0.3 is 20.5 Å². The molecule has 0 bridgehead atoms. The Labute approximate surface area is 207 Å². The predicted molar refractivity (Wildman–Crippen MR) is 135 cm³/mol. The van der Waals surface area contributed by atoms with Gasteiger partial charge in [0.05, 0.1) is 5.41 Å². The topological polar surface area (TPSA) is 105 Å². The van der Waals surface area contributed by atoms with Gasteiger partial charge in [0.2, 0.25) is 5.91 Å². The summed E-state index contributed by atoms with van der Waals surface area (Å²) in [5.74, 6) is -1.18. The van der Waals surface area contributed by atoms with E-state index in [1.54, 1.807) is 0 Å². The Morgan fingerprint density at radius 3 is 2.03 bits per heavy atom. The average Bonchev–Trinajstić information content (AvgIpc) is 3.19. The lowest BCUT2D eigenvalue weighted by molar-refractivity contribution is -0.149. The third kappa shape index (κ3) is 6.02. The van der Waals surface area contributed by atoms with E-state index in [2.05, 4.69) is 34.9 Å². The molecule has 0 heterocycles. The van der Waals surface area contributed by atoms with Crippen LogP contribution < -0.4 is 10.6 Å². The fourth-order valence-corrected chi connectivity index (χ4v) is 4.72. The molecule has 1 aliphatic rings. The first-order valence-electron chi connectivity index (χ1n) is 12.4. The maximum absolute atomic E-state index is 12.4. The van der Waals surface area contributed by atoms with Crippen LogP contribution in [0.25, 0.3) is 11.1 Å². The van der Waals surface area contributed by atoms with Crippen molar-refractivity contribution in [1.82, 2.24) is 10.6 Å². The second kappa shape index (κ2) is 11.9. The minimum absolute atomic E-state index is 0.00691. The van der Waals surface area contributed by atoms with Crippen LogP contribution in [0.15, 0.2) is 48.5 Å². The summed E-state index contributed by atoms with van der Waals surface area (Å²) in [7, 11) is 0. The van der Waals surface area contributed by atoms with E-state index in [1.165, 1.54) is 11.1 Å². The Morgan fingerprint density at radius 1 is 0.943 bits per heavy atom. The Hall–Kier alpha value is -3.35. The highest BCUT2D eigenvalue weighted by Crippen LogP contribution is 2.44. The number of carboxylic acid groups (broad SMARTS) is 1. The SMILES string of the molecule is CCC(CNC(=O)OCC1c2ccccc2-c2ccccc21)CC(=O)NCC(CC)(CC)C(=O)O. The van der Waals surface area contributed by atoms with E-state index in [-0.39, 0.29) is 37.3 Å². The summed E-state index contributed by atoms with van der Waals surface area (Å²) in [5.41, 5.74) is 3.71. The molecule has 0 saturated carbocycles. The van der Waals surface area contributed by atoms with Crippen molar-refractivity contribution in [3.63, 3.8) is 0 Å². The molecule has 7 heteroatoms. The monoisotopic (exact) mass is 480 g/mol. The maximum atomic E-state index is 12.4. The molecule has 0 fully saturated rings. The van der Waals surface area contributed by atoms with E-state index in [4.69, 9.17) is 4.74 Å². The predicted octanol–water partition coefficient (Wildman–Crippen LogP) is 4.95. The van der Waals surface area contributed by atoms with Crippen molar-refractivity contribution in [3.05, 3.63) is 59.7 Å². The average molecular weight is 481 g/mol. The second-order valence-corrected chi connectivity index (χ2v) is 9.25. The molecule has 0 spiro atoms. The number of carbonyl (C=O) groups is 3. The molecule has 0 aromatic heterocycles. The summed E-state index contributed by atoms with van der Waals surface area (Å²) in [4.78, 5) is 36.5. The standard InChI is InChI=1S/C28H36N2O5/c1-4-19(15-25(31)30-18-28(5-2,6-3)26(32)33)16-29-27(34)35-17-24-22-13-9-7-11-20(22)21-12-8-10-14-23(21)24/h7-14,19,24H,4-6,15-18H2,1-3H3,(H,29,34)(H,30,31)(H,32,33). The van der Waals surface area contributed by atoms with Crippen LogP contribution in [0.5, 0.6) is 0 Å². The molecule has 0 aliphatic heterocycles. The zero-order valence-corrected chi connectivity index (χ0v) is 20.8. The molecule has 3 rings (SSSR count). The highest BCUT2D eigenvalue weighted by atomic mass is 16.5. The number of amides is 2. The van der Waals surface area contributed by atoms with Crippen molar-refractivity contribution >= 4 is 18.0 Å². The van der Waals surface area contributed by atoms with Crippen LogP contribution in [0.2, 0.25) is 0 Å². The first-order valence-corrected chi connectivity index (χ1v) is 12.4. The van der Waals surface area contributed by atoms with Crippen LogP contribution in [0.1, 0.15) is 63.5 Å². The Kier molecular flexibility index (Phi) is 8.90. The minimum Gasteiger partial charge on any atom is -0.481 e. The summed E-state index contributed by atoms with van der Waals surface area (Å²) < 4.78 is 5.57. The van der Waals surface area contributed by atoms with Crippen LogP contribution >= 0.6 is 0 Å². The highest BCUT2D eigenvalue weighted by Gasteiger charge is 2.35. The van der Waals surface area contributed by atoms with E-state index >= 15 is 0 Å². The molecule has 188 valence electrons. The minimum atomic E-state index is -0.948. The molecule has 35 heavy (non-hydrogen) atoms. The van der Waals surface area contributed by atoms with Crippen LogP contribution in [0.4, 0.5) is 4.79 Å². The number of aliphatic carboxylic acids is 1. The number of alkyl carbamates (subject to hydrolysis) is 1. The second-order valence-electron chi connectivity index (χ2n) is 9.25. The van der Waals surface area contributed by atoms with Gasteiger partial charge in [0.15, 0.2) is 0 Å². The molecule has 1 unspecified atom stereocenters. The first kappa shape index (κ1) is 26.3. The van der Waals surface area contributed by atoms with Gasteiger partial charge in [-0.05, 0) is 41.0 Å². The van der Waals surface area contributed by atoms with Gasteiger partial charge in [-0.3, -0.25) is 9.59 Å². The van der Waals surface area contributed by atoms with Crippen molar-refractivity contribution in [1.29, 1.82) is 0 Å². The first-order chi connectivity index (χ1) is 16.8. The van der Waals surface area contributed by atoms with Crippen LogP contribution in [-0.2, 0) is 14.3 Å². The van der Waals surface area contributed by atoms with E-state index in [1.807, 2.05) is 45.0 Å². The zero-order valence-electron chi connectivity index (χ0n) is 20.8. The molecule has 0 radical (unpaired) electrons. The number of carboxylic acids is 1. The number of carbonyl (C=O) groups excluding carboxylic acids is 2. The summed E-state index contributed by atoms with van der Waals surface area (Å²) in [6.07, 6.45) is 1.29. The molecule has 3 N–H and O–H groups in total. The fraction of sp³-hybridized carbons (Fsp3) is 0.464. The molecular formula is C28H36N2O5. The Balaban J connectivity index is 1.48. The quantitative estimate of drug-likeness (QED) is 0.399. The lowest BCUT2D eigenvalue weighted by Gasteiger charge is -2.27.